The monoisotopic (exact) mass is 348 g/mol. The summed E-state index contributed by atoms with van der Waals surface area (Å²) in [5, 5.41) is 24.5. The van der Waals surface area contributed by atoms with Crippen molar-refractivity contribution in [2.45, 2.75) is 31.8 Å². The van der Waals surface area contributed by atoms with Crippen molar-refractivity contribution in [3.63, 3.8) is 0 Å². The van der Waals surface area contributed by atoms with Crippen molar-refractivity contribution in [1.82, 2.24) is 5.32 Å². The normalized spacial score (nSPS) is 12.8. The van der Waals surface area contributed by atoms with Crippen LogP contribution in [0, 0.1) is 10.1 Å². The van der Waals surface area contributed by atoms with Crippen LogP contribution in [0.15, 0.2) is 48.5 Å². The molecule has 2 aromatic carbocycles. The molecule has 6 heteroatoms. The largest absolute Gasteiger partial charge is 0.394 e. The number of hydrogen-bond donors (Lipinski definition) is 2. The lowest BCUT2D eigenvalue weighted by atomic mass is 9.92. The summed E-state index contributed by atoms with van der Waals surface area (Å²) in [6.07, 6.45) is 0.669. The van der Waals surface area contributed by atoms with E-state index in [1.54, 1.807) is 18.2 Å². The zero-order chi connectivity index (χ0) is 17.7. The van der Waals surface area contributed by atoms with Crippen LogP contribution < -0.4 is 5.32 Å². The molecule has 0 aliphatic carbocycles. The Balaban J connectivity index is 2.09. The Morgan fingerprint density at radius 2 is 1.92 bits per heavy atom. The highest BCUT2D eigenvalue weighted by atomic mass is 35.5. The predicted molar refractivity (Wildman–Crippen MR) is 95.3 cm³/mol. The van der Waals surface area contributed by atoms with Crippen LogP contribution in [0.3, 0.4) is 0 Å². The highest BCUT2D eigenvalue weighted by molar-refractivity contribution is 6.30. The molecule has 0 saturated heterocycles. The summed E-state index contributed by atoms with van der Waals surface area (Å²) in [6, 6.07) is 13.7. The van der Waals surface area contributed by atoms with Gasteiger partial charge in [-0.1, -0.05) is 35.9 Å². The summed E-state index contributed by atoms with van der Waals surface area (Å²) < 4.78 is 0. The molecule has 0 heterocycles. The third-order valence-electron chi connectivity index (χ3n) is 3.79. The van der Waals surface area contributed by atoms with Gasteiger partial charge < -0.3 is 10.4 Å². The first-order valence-electron chi connectivity index (χ1n) is 7.68. The third-order valence-corrected chi connectivity index (χ3v) is 4.03. The van der Waals surface area contributed by atoms with Gasteiger partial charge in [0.25, 0.3) is 5.69 Å². The van der Waals surface area contributed by atoms with E-state index in [0.29, 0.717) is 11.4 Å². The maximum atomic E-state index is 10.7. The van der Waals surface area contributed by atoms with Gasteiger partial charge in [-0.15, -0.1) is 0 Å². The summed E-state index contributed by atoms with van der Waals surface area (Å²) in [4.78, 5) is 10.3. The average Bonchev–Trinajstić information content (AvgIpc) is 2.52. The Bertz CT molecular complexity index is 702. The van der Waals surface area contributed by atoms with Gasteiger partial charge in [-0.3, -0.25) is 10.1 Å². The molecule has 0 aliphatic rings. The first-order chi connectivity index (χ1) is 11.3. The summed E-state index contributed by atoms with van der Waals surface area (Å²) in [5.41, 5.74) is 1.67. The number of non-ortho nitro benzene ring substituents is 1. The molecule has 2 rings (SSSR count). The maximum Gasteiger partial charge on any atom is 0.269 e. The molecule has 24 heavy (non-hydrogen) atoms. The second-order valence-electron chi connectivity index (χ2n) is 6.42. The topological polar surface area (TPSA) is 75.4 Å². The van der Waals surface area contributed by atoms with Crippen LogP contribution in [0.4, 0.5) is 5.69 Å². The molecule has 0 saturated carbocycles. The van der Waals surface area contributed by atoms with Gasteiger partial charge >= 0.3 is 0 Å². The highest BCUT2D eigenvalue weighted by Crippen LogP contribution is 2.23. The molecule has 0 spiro atoms. The average molecular weight is 349 g/mol. The van der Waals surface area contributed by atoms with E-state index in [0.717, 1.165) is 11.1 Å². The predicted octanol–water partition coefficient (Wildman–Crippen LogP) is 3.89. The quantitative estimate of drug-likeness (QED) is 0.588. The van der Waals surface area contributed by atoms with Crippen LogP contribution in [0.25, 0.3) is 0 Å². The van der Waals surface area contributed by atoms with E-state index in [9.17, 15) is 15.2 Å². The minimum absolute atomic E-state index is 0.0516. The lowest BCUT2D eigenvalue weighted by Gasteiger charge is -2.32. The number of nitrogens with zero attached hydrogens (tertiary/aromatic N) is 1. The van der Waals surface area contributed by atoms with Crippen LogP contribution in [0.2, 0.25) is 5.02 Å². The Hall–Kier alpha value is -1.95. The molecule has 0 bridgehead atoms. The maximum absolute atomic E-state index is 10.7. The van der Waals surface area contributed by atoms with Gasteiger partial charge in [-0.05, 0) is 43.5 Å². The summed E-state index contributed by atoms with van der Waals surface area (Å²) >= 11 is 6.02. The molecule has 2 aromatic rings. The van der Waals surface area contributed by atoms with Crippen molar-refractivity contribution in [3.8, 4) is 0 Å². The van der Waals surface area contributed by atoms with E-state index >= 15 is 0 Å². The van der Waals surface area contributed by atoms with Gasteiger partial charge in [0.05, 0.1) is 17.6 Å². The van der Waals surface area contributed by atoms with Gasteiger partial charge in [-0.25, -0.2) is 0 Å². The second-order valence-corrected chi connectivity index (χ2v) is 6.86. The number of aliphatic hydroxyl groups is 1. The van der Waals surface area contributed by atoms with Crippen molar-refractivity contribution in [2.75, 3.05) is 6.61 Å². The minimum atomic E-state index is -0.409. The zero-order valence-electron chi connectivity index (χ0n) is 13.7. The van der Waals surface area contributed by atoms with Crippen LogP contribution in [0.5, 0.6) is 0 Å². The molecular weight excluding hydrogens is 328 g/mol. The highest BCUT2D eigenvalue weighted by Gasteiger charge is 2.23. The van der Waals surface area contributed by atoms with Crippen molar-refractivity contribution < 1.29 is 10.0 Å². The van der Waals surface area contributed by atoms with E-state index in [1.807, 2.05) is 32.0 Å². The fourth-order valence-electron chi connectivity index (χ4n) is 2.73. The number of nitro benzene ring substituents is 1. The number of halogens is 1. The summed E-state index contributed by atoms with van der Waals surface area (Å²) in [6.45, 7) is 4.01. The van der Waals surface area contributed by atoms with Crippen molar-refractivity contribution >= 4 is 17.3 Å². The number of nitro groups is 1. The first kappa shape index (κ1) is 18.4. The standard InChI is InChI=1S/C18H21ClN2O3/c1-18(2,11-13-6-8-16(9-7-13)21(23)24)20-17(12-22)14-4-3-5-15(19)10-14/h3-10,17,20,22H,11-12H2,1-2H3/t17-/m0/s1. The summed E-state index contributed by atoms with van der Waals surface area (Å²) in [7, 11) is 0. The first-order valence-corrected chi connectivity index (χ1v) is 8.06. The number of nitrogens with one attached hydrogen (secondary N) is 1. The molecule has 128 valence electrons. The molecule has 5 nitrogen and oxygen atoms in total. The second kappa shape index (κ2) is 7.75. The Kier molecular flexibility index (Phi) is 5.94. The van der Waals surface area contributed by atoms with Crippen molar-refractivity contribution in [1.29, 1.82) is 0 Å². The van der Waals surface area contributed by atoms with E-state index < -0.39 is 4.92 Å². The smallest absolute Gasteiger partial charge is 0.269 e. The van der Waals surface area contributed by atoms with Gasteiger partial charge in [0.2, 0.25) is 0 Å². The molecule has 2 N–H and O–H groups in total. The van der Waals surface area contributed by atoms with E-state index in [-0.39, 0.29) is 23.9 Å². The molecular formula is C18H21ClN2O3. The molecule has 0 fully saturated rings. The minimum Gasteiger partial charge on any atom is -0.394 e. The Morgan fingerprint density at radius 1 is 1.25 bits per heavy atom. The Morgan fingerprint density at radius 3 is 2.46 bits per heavy atom. The molecule has 0 amide bonds. The van der Waals surface area contributed by atoms with Crippen molar-refractivity contribution in [2.24, 2.45) is 0 Å². The van der Waals surface area contributed by atoms with Crippen LogP contribution in [-0.4, -0.2) is 22.2 Å². The van der Waals surface area contributed by atoms with Crippen molar-refractivity contribution in [3.05, 3.63) is 74.8 Å². The van der Waals surface area contributed by atoms with Gasteiger partial charge in [0.1, 0.15) is 0 Å². The van der Waals surface area contributed by atoms with Gasteiger partial charge in [-0.2, -0.15) is 0 Å². The van der Waals surface area contributed by atoms with Gasteiger partial charge in [0.15, 0.2) is 0 Å². The lowest BCUT2D eigenvalue weighted by molar-refractivity contribution is -0.384. The van der Waals surface area contributed by atoms with E-state index in [2.05, 4.69) is 5.32 Å². The lowest BCUT2D eigenvalue weighted by Crippen LogP contribution is -2.44. The van der Waals surface area contributed by atoms with Crippen LogP contribution >= 0.6 is 11.6 Å². The molecule has 0 aliphatic heterocycles. The molecule has 0 radical (unpaired) electrons. The molecule has 0 aromatic heterocycles. The van der Waals surface area contributed by atoms with Crippen LogP contribution in [0.1, 0.15) is 31.0 Å². The van der Waals surface area contributed by atoms with E-state index in [1.165, 1.54) is 12.1 Å². The summed E-state index contributed by atoms with van der Waals surface area (Å²) in [5.74, 6) is 0. The van der Waals surface area contributed by atoms with Gasteiger partial charge in [0, 0.05) is 22.7 Å². The molecule has 0 unspecified atom stereocenters. The number of aliphatic hydroxyl groups excluding tert-OH is 1. The zero-order valence-corrected chi connectivity index (χ0v) is 14.5. The SMILES string of the molecule is CC(C)(Cc1ccc([N+](=O)[O-])cc1)N[C@@H](CO)c1cccc(Cl)c1. The number of rotatable bonds is 7. The fourth-order valence-corrected chi connectivity index (χ4v) is 2.92. The fraction of sp³-hybridized carbons (Fsp3) is 0.333. The Labute approximate surface area is 146 Å². The third kappa shape index (κ3) is 5.03. The van der Waals surface area contributed by atoms with Crippen LogP contribution in [-0.2, 0) is 6.42 Å². The van der Waals surface area contributed by atoms with E-state index in [4.69, 9.17) is 11.6 Å². The number of benzene rings is 2. The number of hydrogen-bond acceptors (Lipinski definition) is 4. The molecule has 1 atom stereocenters.